The Morgan fingerprint density at radius 1 is 1.35 bits per heavy atom. The molecule has 3 rings (SSSR count). The molecule has 0 aromatic rings. The summed E-state index contributed by atoms with van der Waals surface area (Å²) in [4.78, 5) is 40.1. The number of hydrogen-bond acceptors (Lipinski definition) is 5. The smallest absolute Gasteiger partial charge is 0.244 e. The average Bonchev–Trinajstić information content (AvgIpc) is 3.26. The van der Waals surface area contributed by atoms with Gasteiger partial charge in [0, 0.05) is 25.4 Å². The van der Waals surface area contributed by atoms with Crippen LogP contribution >= 0.6 is 11.8 Å². The Morgan fingerprint density at radius 2 is 2.12 bits per heavy atom. The molecule has 2 bridgehead atoms. The minimum Gasteiger partial charge on any atom is -0.395 e. The summed E-state index contributed by atoms with van der Waals surface area (Å²) in [5.41, 5.74) is 0. The molecule has 3 fully saturated rings. The van der Waals surface area contributed by atoms with Gasteiger partial charge < -0.3 is 20.6 Å². The monoisotopic (exact) mass is 383 g/mol. The molecule has 3 N–H and O–H groups in total. The summed E-state index contributed by atoms with van der Waals surface area (Å²) in [6, 6.07) is -0.599. The van der Waals surface area contributed by atoms with E-state index in [-0.39, 0.29) is 42.0 Å². The summed E-state index contributed by atoms with van der Waals surface area (Å²) < 4.78 is -0.539. The van der Waals surface area contributed by atoms with E-state index in [0.717, 1.165) is 32.1 Å². The van der Waals surface area contributed by atoms with Crippen LogP contribution in [-0.4, -0.2) is 70.5 Å². The van der Waals surface area contributed by atoms with E-state index in [0.29, 0.717) is 6.54 Å². The van der Waals surface area contributed by atoms with Gasteiger partial charge in [0.2, 0.25) is 17.7 Å². The van der Waals surface area contributed by atoms with E-state index in [1.165, 1.54) is 4.90 Å². The van der Waals surface area contributed by atoms with Crippen molar-refractivity contribution in [2.45, 2.75) is 55.1 Å². The number of thioether (sulfide) groups is 1. The predicted molar refractivity (Wildman–Crippen MR) is 99.5 cm³/mol. The minimum atomic E-state index is -0.599. The molecule has 0 aliphatic carbocycles. The van der Waals surface area contributed by atoms with Crippen LogP contribution in [0.5, 0.6) is 0 Å². The summed E-state index contributed by atoms with van der Waals surface area (Å²) in [7, 11) is 1.59. The molecule has 1 spiro atoms. The maximum Gasteiger partial charge on any atom is 0.244 e. The van der Waals surface area contributed by atoms with Gasteiger partial charge in [-0.2, -0.15) is 0 Å². The van der Waals surface area contributed by atoms with E-state index >= 15 is 0 Å². The van der Waals surface area contributed by atoms with Crippen molar-refractivity contribution < 1.29 is 19.5 Å². The van der Waals surface area contributed by atoms with Crippen molar-refractivity contribution in [3.8, 4) is 0 Å². The van der Waals surface area contributed by atoms with Crippen LogP contribution in [-0.2, 0) is 14.4 Å². The van der Waals surface area contributed by atoms with E-state index in [2.05, 4.69) is 17.6 Å². The molecular formula is C18H29N3O4S. The first-order valence-corrected chi connectivity index (χ1v) is 10.5. The molecule has 3 aliphatic rings. The van der Waals surface area contributed by atoms with Gasteiger partial charge in [-0.15, -0.1) is 11.8 Å². The zero-order chi connectivity index (χ0) is 18.9. The molecule has 0 aromatic carbocycles. The summed E-state index contributed by atoms with van der Waals surface area (Å²) in [5, 5.41) is 15.2. The van der Waals surface area contributed by atoms with Gasteiger partial charge in [0.05, 0.1) is 23.2 Å². The van der Waals surface area contributed by atoms with Gasteiger partial charge in [-0.05, 0) is 19.3 Å². The third-order valence-electron chi connectivity index (χ3n) is 6.02. The number of fused-ring (bicyclic) bond motifs is 1. The fourth-order valence-electron chi connectivity index (χ4n) is 4.95. The summed E-state index contributed by atoms with van der Waals surface area (Å²) in [6.45, 7) is 2.65. The Bertz CT molecular complexity index is 587. The number of β-amino-alcohol motifs (C(OH)–C–C–N with tert-alkyl or cyclic N) is 1. The van der Waals surface area contributed by atoms with E-state index < -0.39 is 16.7 Å². The van der Waals surface area contributed by atoms with Gasteiger partial charge in [-0.25, -0.2) is 0 Å². The van der Waals surface area contributed by atoms with Crippen LogP contribution in [0.15, 0.2) is 0 Å². The molecular weight excluding hydrogens is 354 g/mol. The first-order valence-electron chi connectivity index (χ1n) is 9.60. The van der Waals surface area contributed by atoms with E-state index in [4.69, 9.17) is 0 Å². The molecule has 0 aromatic heterocycles. The highest BCUT2D eigenvalue weighted by Gasteiger charge is 2.73. The first kappa shape index (κ1) is 19.5. The maximum atomic E-state index is 13.1. The molecule has 3 saturated heterocycles. The number of aliphatic hydroxyl groups excluding tert-OH is 1. The lowest BCUT2D eigenvalue weighted by Gasteiger charge is -2.34. The predicted octanol–water partition coefficient (Wildman–Crippen LogP) is 0.122. The molecule has 26 heavy (non-hydrogen) atoms. The van der Waals surface area contributed by atoms with Crippen LogP contribution in [0.2, 0.25) is 0 Å². The molecule has 146 valence electrons. The molecule has 8 heteroatoms. The van der Waals surface area contributed by atoms with Crippen molar-refractivity contribution in [1.82, 2.24) is 15.5 Å². The van der Waals surface area contributed by atoms with Gasteiger partial charge in [0.25, 0.3) is 0 Å². The number of nitrogens with zero attached hydrogens (tertiary/aromatic N) is 1. The van der Waals surface area contributed by atoms with Crippen LogP contribution in [0.4, 0.5) is 0 Å². The first-order chi connectivity index (χ1) is 12.5. The second kappa shape index (κ2) is 7.76. The van der Waals surface area contributed by atoms with E-state index in [1.54, 1.807) is 18.8 Å². The lowest BCUT2D eigenvalue weighted by molar-refractivity contribution is -0.140. The largest absolute Gasteiger partial charge is 0.395 e. The SMILES string of the molecule is CCCCCNC(=O)C1N(CCO)C(=O)[C@@H]2[C@H](C(=O)NC)[C@@H]3CCC12S3. The number of nitrogens with one attached hydrogen (secondary N) is 2. The fraction of sp³-hybridized carbons (Fsp3) is 0.833. The Hall–Kier alpha value is -1.28. The number of amides is 3. The molecule has 7 nitrogen and oxygen atoms in total. The van der Waals surface area contributed by atoms with Crippen molar-refractivity contribution in [1.29, 1.82) is 0 Å². The number of hydrogen-bond donors (Lipinski definition) is 3. The Morgan fingerprint density at radius 3 is 2.77 bits per heavy atom. The Kier molecular flexibility index (Phi) is 5.81. The lowest BCUT2D eigenvalue weighted by atomic mass is 9.71. The van der Waals surface area contributed by atoms with E-state index in [1.807, 2.05) is 0 Å². The van der Waals surface area contributed by atoms with Crippen molar-refractivity contribution >= 4 is 29.5 Å². The normalized spacial score (nSPS) is 34.9. The average molecular weight is 384 g/mol. The number of likely N-dealkylation sites (tertiary alicyclic amines) is 1. The number of carbonyl (C=O) groups excluding carboxylic acids is 3. The number of aliphatic hydroxyl groups is 1. The number of carbonyl (C=O) groups is 3. The Balaban J connectivity index is 1.86. The van der Waals surface area contributed by atoms with Gasteiger partial charge in [-0.1, -0.05) is 19.8 Å². The molecule has 0 saturated carbocycles. The minimum absolute atomic E-state index is 0.0931. The second-order valence-electron chi connectivity index (χ2n) is 7.42. The summed E-state index contributed by atoms with van der Waals surface area (Å²) >= 11 is 1.65. The second-order valence-corrected chi connectivity index (χ2v) is 9.02. The van der Waals surface area contributed by atoms with Crippen LogP contribution in [0.25, 0.3) is 0 Å². The van der Waals surface area contributed by atoms with E-state index in [9.17, 15) is 19.5 Å². The summed E-state index contributed by atoms with van der Waals surface area (Å²) in [6.07, 6.45) is 4.65. The van der Waals surface area contributed by atoms with Gasteiger partial charge >= 0.3 is 0 Å². The standard InChI is InChI=1S/C18H29N3O4S/c1-3-4-5-8-20-16(24)14-18-7-6-11(26-18)12(15(23)19-2)13(18)17(25)21(14)9-10-22/h11-14,22H,3-10H2,1-2H3,(H,19,23)(H,20,24)/t11-,12+,13-,14?,18?/m0/s1. The van der Waals surface area contributed by atoms with Gasteiger partial charge in [-0.3, -0.25) is 14.4 Å². The molecule has 0 radical (unpaired) electrons. The quantitative estimate of drug-likeness (QED) is 0.517. The zero-order valence-electron chi connectivity index (χ0n) is 15.5. The fourth-order valence-corrected chi connectivity index (χ4v) is 7.17. The highest BCUT2D eigenvalue weighted by Crippen LogP contribution is 2.66. The van der Waals surface area contributed by atoms with Crippen molar-refractivity contribution in [2.24, 2.45) is 11.8 Å². The van der Waals surface area contributed by atoms with Crippen molar-refractivity contribution in [3.63, 3.8) is 0 Å². The highest BCUT2D eigenvalue weighted by atomic mass is 32.2. The van der Waals surface area contributed by atoms with Gasteiger partial charge in [0.15, 0.2) is 0 Å². The number of unbranched alkanes of at least 4 members (excludes halogenated alkanes) is 2. The van der Waals surface area contributed by atoms with Crippen LogP contribution in [0, 0.1) is 11.8 Å². The van der Waals surface area contributed by atoms with Crippen LogP contribution < -0.4 is 10.6 Å². The molecule has 3 aliphatic heterocycles. The zero-order valence-corrected chi connectivity index (χ0v) is 16.3. The summed E-state index contributed by atoms with van der Waals surface area (Å²) in [5.74, 6) is -1.27. The van der Waals surface area contributed by atoms with Crippen molar-refractivity contribution in [3.05, 3.63) is 0 Å². The number of rotatable bonds is 8. The topological polar surface area (TPSA) is 98.7 Å². The molecule has 2 unspecified atom stereocenters. The third kappa shape index (κ3) is 2.91. The Labute approximate surface area is 158 Å². The lowest BCUT2D eigenvalue weighted by Crippen LogP contribution is -2.54. The van der Waals surface area contributed by atoms with Crippen molar-refractivity contribution in [2.75, 3.05) is 26.7 Å². The maximum absolute atomic E-state index is 13.1. The molecule has 3 amide bonds. The highest BCUT2D eigenvalue weighted by molar-refractivity contribution is 8.02. The third-order valence-corrected chi connectivity index (χ3v) is 7.97. The van der Waals surface area contributed by atoms with Crippen LogP contribution in [0.1, 0.15) is 39.0 Å². The molecule has 3 heterocycles. The van der Waals surface area contributed by atoms with Crippen LogP contribution in [0.3, 0.4) is 0 Å². The van der Waals surface area contributed by atoms with Gasteiger partial charge in [0.1, 0.15) is 6.04 Å². The molecule has 5 atom stereocenters.